The number of phenolic OH excluding ortho intramolecular Hbond substituents is 1. The Morgan fingerprint density at radius 3 is 2.49 bits per heavy atom. The third kappa shape index (κ3) is 6.40. The Kier molecular flexibility index (Phi) is 8.20. The van der Waals surface area contributed by atoms with Crippen molar-refractivity contribution in [1.82, 2.24) is 4.90 Å². The third-order valence-corrected chi connectivity index (χ3v) is 7.98. The Morgan fingerprint density at radius 2 is 1.70 bits per heavy atom. The number of ether oxygens (including phenoxy) is 2. The van der Waals surface area contributed by atoms with Gasteiger partial charge in [0.1, 0.15) is 23.9 Å². The average molecular weight is 501 g/mol. The molecule has 0 saturated carbocycles. The van der Waals surface area contributed by atoms with Crippen LogP contribution >= 0.6 is 0 Å². The van der Waals surface area contributed by atoms with Gasteiger partial charge in [-0.1, -0.05) is 30.7 Å². The predicted octanol–water partition coefficient (Wildman–Crippen LogP) is 6.17. The zero-order valence-corrected chi connectivity index (χ0v) is 22.3. The van der Waals surface area contributed by atoms with Gasteiger partial charge in [0.2, 0.25) is 0 Å². The van der Waals surface area contributed by atoms with Crippen molar-refractivity contribution in [3.63, 3.8) is 0 Å². The van der Waals surface area contributed by atoms with Crippen molar-refractivity contribution in [1.29, 1.82) is 0 Å². The van der Waals surface area contributed by atoms with Crippen molar-refractivity contribution in [3.05, 3.63) is 82.9 Å². The van der Waals surface area contributed by atoms with E-state index < -0.39 is 0 Å². The minimum atomic E-state index is 0.362. The quantitative estimate of drug-likeness (QED) is 0.380. The van der Waals surface area contributed by atoms with Crippen molar-refractivity contribution in [2.45, 2.75) is 51.0 Å². The van der Waals surface area contributed by atoms with Gasteiger partial charge in [0.15, 0.2) is 0 Å². The lowest BCUT2D eigenvalue weighted by Gasteiger charge is -2.30. The van der Waals surface area contributed by atoms with E-state index >= 15 is 0 Å². The number of hydrogen-bond acceptors (Lipinski definition) is 5. The van der Waals surface area contributed by atoms with Gasteiger partial charge in [-0.05, 0) is 104 Å². The summed E-state index contributed by atoms with van der Waals surface area (Å²) in [5.74, 6) is 2.62. The van der Waals surface area contributed by atoms with Gasteiger partial charge < -0.3 is 19.5 Å². The van der Waals surface area contributed by atoms with Crippen LogP contribution in [0, 0.1) is 0 Å². The highest BCUT2D eigenvalue weighted by Crippen LogP contribution is 2.39. The van der Waals surface area contributed by atoms with Gasteiger partial charge in [0.25, 0.3) is 0 Å². The van der Waals surface area contributed by atoms with Crippen molar-refractivity contribution < 1.29 is 14.6 Å². The number of hydrogen-bond donors (Lipinski definition) is 1. The number of methoxy groups -OCH3 is 1. The molecular weight excluding hydrogens is 460 g/mol. The lowest BCUT2D eigenvalue weighted by atomic mass is 9.79. The highest BCUT2D eigenvalue weighted by atomic mass is 16.5. The summed E-state index contributed by atoms with van der Waals surface area (Å²) in [4.78, 5) is 4.84. The molecule has 3 aromatic rings. The van der Waals surface area contributed by atoms with Crippen LogP contribution in [0.2, 0.25) is 0 Å². The number of nitrogens with zero attached hydrogens (tertiary/aromatic N) is 2. The Hall–Kier alpha value is -3.18. The summed E-state index contributed by atoms with van der Waals surface area (Å²) in [6.45, 7) is 4.98. The summed E-state index contributed by atoms with van der Waals surface area (Å²) in [6, 6.07) is 20.8. The maximum absolute atomic E-state index is 9.87. The van der Waals surface area contributed by atoms with Gasteiger partial charge in [-0.15, -0.1) is 0 Å². The first-order valence-electron chi connectivity index (χ1n) is 13.7. The van der Waals surface area contributed by atoms with Gasteiger partial charge in [0.05, 0.1) is 7.11 Å². The Bertz CT molecular complexity index is 1170. The van der Waals surface area contributed by atoms with Crippen molar-refractivity contribution >= 4 is 5.69 Å². The molecule has 1 unspecified atom stereocenters. The first-order chi connectivity index (χ1) is 18.1. The van der Waals surface area contributed by atoms with E-state index in [0.29, 0.717) is 11.7 Å². The zero-order chi connectivity index (χ0) is 25.6. The fourth-order valence-corrected chi connectivity index (χ4v) is 5.86. The van der Waals surface area contributed by atoms with Crippen LogP contribution in [0.4, 0.5) is 5.69 Å². The number of piperidine rings is 1. The summed E-state index contributed by atoms with van der Waals surface area (Å²) in [7, 11) is 3.89. The molecule has 0 bridgehead atoms. The number of anilines is 1. The van der Waals surface area contributed by atoms with Crippen LogP contribution in [0.15, 0.2) is 60.7 Å². The second-order valence-corrected chi connectivity index (χ2v) is 10.6. The lowest BCUT2D eigenvalue weighted by Crippen LogP contribution is -2.33. The SMILES string of the molecule is COc1ccc(C2CCc3cc(O)ccc3C2)c(N(C)Cc2ccc(OCCN3CCCCC3)cc2)c1. The Balaban J connectivity index is 1.24. The smallest absolute Gasteiger partial charge is 0.120 e. The molecule has 2 aliphatic rings. The normalized spacial score (nSPS) is 17.7. The highest BCUT2D eigenvalue weighted by Gasteiger charge is 2.24. The number of aromatic hydroxyl groups is 1. The Morgan fingerprint density at radius 1 is 0.919 bits per heavy atom. The Labute approximate surface area is 221 Å². The van der Waals surface area contributed by atoms with E-state index in [9.17, 15) is 5.11 Å². The second kappa shape index (κ2) is 11.9. The molecule has 37 heavy (non-hydrogen) atoms. The number of likely N-dealkylation sites (tertiary alicyclic amines) is 1. The summed E-state index contributed by atoms with van der Waals surface area (Å²) in [5.41, 5.74) is 6.45. The molecule has 5 heteroatoms. The first-order valence-corrected chi connectivity index (χ1v) is 13.7. The second-order valence-electron chi connectivity index (χ2n) is 10.6. The van der Waals surface area contributed by atoms with Gasteiger partial charge >= 0.3 is 0 Å². The van der Waals surface area contributed by atoms with E-state index in [1.54, 1.807) is 7.11 Å². The van der Waals surface area contributed by atoms with E-state index in [2.05, 4.69) is 65.4 Å². The van der Waals surface area contributed by atoms with Gasteiger partial charge in [-0.25, -0.2) is 0 Å². The van der Waals surface area contributed by atoms with Crippen LogP contribution in [-0.4, -0.2) is 50.4 Å². The molecule has 5 nitrogen and oxygen atoms in total. The van der Waals surface area contributed by atoms with Gasteiger partial charge in [-0.2, -0.15) is 0 Å². The molecule has 1 aliphatic carbocycles. The number of benzene rings is 3. The van der Waals surface area contributed by atoms with Crippen LogP contribution in [-0.2, 0) is 19.4 Å². The maximum atomic E-state index is 9.87. The molecule has 0 aromatic heterocycles. The molecule has 0 amide bonds. The first kappa shape index (κ1) is 25.5. The molecule has 1 N–H and O–H groups in total. The van der Waals surface area contributed by atoms with E-state index in [4.69, 9.17) is 9.47 Å². The lowest BCUT2D eigenvalue weighted by molar-refractivity contribution is 0.183. The van der Waals surface area contributed by atoms with Crippen molar-refractivity contribution in [2.24, 2.45) is 0 Å². The minimum Gasteiger partial charge on any atom is -0.508 e. The zero-order valence-electron chi connectivity index (χ0n) is 22.3. The van der Waals surface area contributed by atoms with E-state index in [1.807, 2.05) is 12.1 Å². The number of aryl methyl sites for hydroxylation is 1. The topological polar surface area (TPSA) is 45.2 Å². The van der Waals surface area contributed by atoms with Crippen LogP contribution in [0.25, 0.3) is 0 Å². The standard InChI is InChI=1S/C32H40N2O3/c1-33(23-24-6-12-29(13-7-24)37-19-18-34-16-4-3-5-17-34)32-22-30(36-2)14-15-31(32)27-9-8-26-21-28(35)11-10-25(26)20-27/h6-7,10-15,21-22,27,35H,3-5,8-9,16-20,23H2,1-2H3. The average Bonchev–Trinajstić information content (AvgIpc) is 2.94. The third-order valence-electron chi connectivity index (χ3n) is 7.98. The molecule has 0 spiro atoms. The minimum absolute atomic E-state index is 0.362. The fraction of sp³-hybridized carbons (Fsp3) is 0.438. The summed E-state index contributed by atoms with van der Waals surface area (Å²) >= 11 is 0. The summed E-state index contributed by atoms with van der Waals surface area (Å²) in [5, 5.41) is 9.87. The van der Waals surface area contributed by atoms with Crippen LogP contribution < -0.4 is 14.4 Å². The molecular formula is C32H40N2O3. The van der Waals surface area contributed by atoms with E-state index in [1.165, 1.54) is 60.3 Å². The molecule has 196 valence electrons. The maximum Gasteiger partial charge on any atom is 0.120 e. The van der Waals surface area contributed by atoms with Crippen LogP contribution in [0.5, 0.6) is 17.2 Å². The molecule has 1 aliphatic heterocycles. The number of rotatable bonds is 9. The predicted molar refractivity (Wildman–Crippen MR) is 150 cm³/mol. The van der Waals surface area contributed by atoms with Crippen molar-refractivity contribution in [2.75, 3.05) is 45.3 Å². The summed E-state index contributed by atoms with van der Waals surface area (Å²) < 4.78 is 11.6. The molecule has 5 rings (SSSR count). The van der Waals surface area contributed by atoms with E-state index in [-0.39, 0.29) is 0 Å². The largest absolute Gasteiger partial charge is 0.508 e. The van der Waals surface area contributed by atoms with E-state index in [0.717, 1.165) is 50.5 Å². The highest BCUT2D eigenvalue weighted by molar-refractivity contribution is 5.59. The molecule has 1 heterocycles. The summed E-state index contributed by atoms with van der Waals surface area (Å²) in [6.07, 6.45) is 7.05. The monoisotopic (exact) mass is 500 g/mol. The molecule has 3 aromatic carbocycles. The number of phenols is 1. The van der Waals surface area contributed by atoms with Crippen LogP contribution in [0.3, 0.4) is 0 Å². The van der Waals surface area contributed by atoms with Gasteiger partial charge in [0, 0.05) is 31.9 Å². The van der Waals surface area contributed by atoms with Crippen molar-refractivity contribution in [3.8, 4) is 17.2 Å². The molecule has 1 atom stereocenters. The molecule has 1 fully saturated rings. The molecule has 1 saturated heterocycles. The molecule has 0 radical (unpaired) electrons. The van der Waals surface area contributed by atoms with Gasteiger partial charge in [-0.3, -0.25) is 4.90 Å². The number of fused-ring (bicyclic) bond motifs is 1. The fourth-order valence-electron chi connectivity index (χ4n) is 5.86. The van der Waals surface area contributed by atoms with Crippen LogP contribution in [0.1, 0.15) is 53.9 Å².